The van der Waals surface area contributed by atoms with Gasteiger partial charge in [-0.15, -0.1) is 0 Å². The maximum absolute atomic E-state index is 13.0. The van der Waals surface area contributed by atoms with Crippen molar-refractivity contribution in [3.63, 3.8) is 0 Å². The molecule has 1 unspecified atom stereocenters. The fraction of sp³-hybridized carbons (Fsp3) is 0.136. The van der Waals surface area contributed by atoms with E-state index in [-0.39, 0.29) is 16.9 Å². The Bertz CT molecular complexity index is 1050. The van der Waals surface area contributed by atoms with Crippen LogP contribution in [-0.4, -0.2) is 29.8 Å². The quantitative estimate of drug-likeness (QED) is 0.421. The number of phenols is 1. The summed E-state index contributed by atoms with van der Waals surface area (Å²) >= 11 is 0. The number of fused-ring (bicyclic) bond motifs is 1. The van der Waals surface area contributed by atoms with Crippen molar-refractivity contribution in [1.29, 1.82) is 0 Å². The zero-order valence-electron chi connectivity index (χ0n) is 14.9. The number of hydrogen-bond acceptors (Lipinski definition) is 5. The van der Waals surface area contributed by atoms with Crippen LogP contribution in [0, 0.1) is 5.92 Å². The summed E-state index contributed by atoms with van der Waals surface area (Å²) in [6, 6.07) is 17.0. The lowest BCUT2D eigenvalue weighted by Crippen LogP contribution is -2.22. The molecule has 0 heterocycles. The first kappa shape index (κ1) is 18.3. The average Bonchev–Trinajstić information content (AvgIpc) is 2.71. The summed E-state index contributed by atoms with van der Waals surface area (Å²) in [6.45, 7) is 1.50. The fourth-order valence-corrected chi connectivity index (χ4v) is 3.04. The van der Waals surface area contributed by atoms with E-state index in [9.17, 15) is 19.5 Å². The third kappa shape index (κ3) is 3.31. The van der Waals surface area contributed by atoms with Crippen LogP contribution in [0.1, 0.15) is 38.0 Å². The van der Waals surface area contributed by atoms with Gasteiger partial charge in [0, 0.05) is 5.56 Å². The number of benzene rings is 3. The van der Waals surface area contributed by atoms with Crippen molar-refractivity contribution >= 4 is 28.3 Å². The third-order valence-corrected chi connectivity index (χ3v) is 4.55. The monoisotopic (exact) mass is 362 g/mol. The molecule has 1 N–H and O–H groups in total. The van der Waals surface area contributed by atoms with E-state index in [2.05, 4.69) is 4.74 Å². The van der Waals surface area contributed by atoms with Gasteiger partial charge in [0.05, 0.1) is 18.6 Å². The van der Waals surface area contributed by atoms with Gasteiger partial charge in [-0.1, -0.05) is 48.5 Å². The molecular weight excluding hydrogens is 344 g/mol. The summed E-state index contributed by atoms with van der Waals surface area (Å²) < 4.78 is 4.60. The summed E-state index contributed by atoms with van der Waals surface area (Å²) in [5, 5.41) is 12.0. The third-order valence-electron chi connectivity index (χ3n) is 4.55. The Morgan fingerprint density at radius 1 is 0.815 bits per heavy atom. The van der Waals surface area contributed by atoms with Crippen LogP contribution < -0.4 is 0 Å². The minimum absolute atomic E-state index is 0.0843. The van der Waals surface area contributed by atoms with E-state index < -0.39 is 23.4 Å². The normalized spacial score (nSPS) is 11.8. The summed E-state index contributed by atoms with van der Waals surface area (Å²) in [6.07, 6.45) is 0. The lowest BCUT2D eigenvalue weighted by atomic mass is 9.88. The zero-order chi connectivity index (χ0) is 19.6. The molecule has 5 nitrogen and oxygen atoms in total. The highest BCUT2D eigenvalue weighted by Gasteiger charge is 2.28. The molecule has 0 bridgehead atoms. The SMILES string of the molecule is COC(=O)c1cccc(C(=O)C(C)C(=O)c2cccc3ccccc23)c1O. The van der Waals surface area contributed by atoms with E-state index in [1.54, 1.807) is 12.1 Å². The Kier molecular flexibility index (Phi) is 5.03. The Morgan fingerprint density at radius 3 is 2.11 bits per heavy atom. The molecule has 0 saturated heterocycles. The Hall–Kier alpha value is -3.47. The molecule has 3 aromatic carbocycles. The molecule has 0 radical (unpaired) electrons. The van der Waals surface area contributed by atoms with Crippen LogP contribution in [-0.2, 0) is 4.74 Å². The lowest BCUT2D eigenvalue weighted by molar-refractivity contribution is 0.0597. The van der Waals surface area contributed by atoms with E-state index in [0.29, 0.717) is 5.56 Å². The molecule has 5 heteroatoms. The lowest BCUT2D eigenvalue weighted by Gasteiger charge is -2.13. The van der Waals surface area contributed by atoms with Gasteiger partial charge in [-0.3, -0.25) is 9.59 Å². The van der Waals surface area contributed by atoms with Gasteiger partial charge in [0.2, 0.25) is 0 Å². The van der Waals surface area contributed by atoms with Crippen LogP contribution in [0.3, 0.4) is 0 Å². The summed E-state index contributed by atoms with van der Waals surface area (Å²) in [7, 11) is 1.18. The molecule has 0 aliphatic rings. The van der Waals surface area contributed by atoms with Crippen molar-refractivity contribution < 1.29 is 24.2 Å². The Labute approximate surface area is 156 Å². The van der Waals surface area contributed by atoms with Gasteiger partial charge in [0.1, 0.15) is 11.3 Å². The Morgan fingerprint density at radius 2 is 1.37 bits per heavy atom. The van der Waals surface area contributed by atoms with Crippen molar-refractivity contribution in [2.24, 2.45) is 5.92 Å². The summed E-state index contributed by atoms with van der Waals surface area (Å²) in [5.74, 6) is -3.16. The number of methoxy groups -OCH3 is 1. The number of carbonyl (C=O) groups excluding carboxylic acids is 3. The molecule has 0 amide bonds. The number of carbonyl (C=O) groups is 3. The van der Waals surface area contributed by atoms with Crippen LogP contribution in [0.25, 0.3) is 10.8 Å². The first-order valence-electron chi connectivity index (χ1n) is 8.42. The van der Waals surface area contributed by atoms with E-state index in [1.807, 2.05) is 30.3 Å². The van der Waals surface area contributed by atoms with Gasteiger partial charge < -0.3 is 9.84 Å². The highest BCUT2D eigenvalue weighted by Crippen LogP contribution is 2.28. The van der Waals surface area contributed by atoms with Gasteiger partial charge in [0.25, 0.3) is 0 Å². The number of phenolic OH excluding ortho intramolecular Hbond substituents is 1. The maximum atomic E-state index is 13.0. The number of hydrogen-bond donors (Lipinski definition) is 1. The smallest absolute Gasteiger partial charge is 0.341 e. The van der Waals surface area contributed by atoms with Crippen molar-refractivity contribution in [2.45, 2.75) is 6.92 Å². The standard InChI is InChI=1S/C22H18O5/c1-13(19(23)16-10-5-8-14-7-3-4-9-15(14)16)20(24)17-11-6-12-18(21(17)25)22(26)27-2/h3-13,25H,1-2H3. The van der Waals surface area contributed by atoms with E-state index in [1.165, 1.54) is 32.2 Å². The first-order valence-corrected chi connectivity index (χ1v) is 8.42. The number of rotatable bonds is 5. The molecule has 0 aromatic heterocycles. The van der Waals surface area contributed by atoms with Crippen molar-refractivity contribution in [3.8, 4) is 5.75 Å². The van der Waals surface area contributed by atoms with Crippen LogP contribution in [0.15, 0.2) is 60.7 Å². The molecule has 0 aliphatic carbocycles. The highest BCUT2D eigenvalue weighted by atomic mass is 16.5. The molecule has 0 aliphatic heterocycles. The van der Waals surface area contributed by atoms with Gasteiger partial charge in [0.15, 0.2) is 11.6 Å². The summed E-state index contributed by atoms with van der Waals surface area (Å²) in [5.41, 5.74) is 0.240. The molecular formula is C22H18O5. The molecule has 136 valence electrons. The molecule has 3 rings (SSSR count). The minimum Gasteiger partial charge on any atom is -0.506 e. The second-order valence-electron chi connectivity index (χ2n) is 6.17. The second kappa shape index (κ2) is 7.41. The van der Waals surface area contributed by atoms with Gasteiger partial charge in [-0.25, -0.2) is 4.79 Å². The number of Topliss-reactive ketones (excluding diaryl/α,β-unsaturated/α-hetero) is 2. The van der Waals surface area contributed by atoms with E-state index in [0.717, 1.165) is 10.8 Å². The fourth-order valence-electron chi connectivity index (χ4n) is 3.04. The maximum Gasteiger partial charge on any atom is 0.341 e. The highest BCUT2D eigenvalue weighted by molar-refractivity contribution is 6.20. The topological polar surface area (TPSA) is 80.7 Å². The van der Waals surface area contributed by atoms with E-state index in [4.69, 9.17) is 0 Å². The van der Waals surface area contributed by atoms with Gasteiger partial charge in [-0.05, 0) is 29.8 Å². The number of para-hydroxylation sites is 1. The van der Waals surface area contributed by atoms with Gasteiger partial charge in [-0.2, -0.15) is 0 Å². The van der Waals surface area contributed by atoms with Crippen molar-refractivity contribution in [3.05, 3.63) is 77.4 Å². The molecule has 0 spiro atoms. The summed E-state index contributed by atoms with van der Waals surface area (Å²) in [4.78, 5) is 37.5. The largest absolute Gasteiger partial charge is 0.506 e. The second-order valence-corrected chi connectivity index (χ2v) is 6.17. The van der Waals surface area contributed by atoms with Gasteiger partial charge >= 0.3 is 5.97 Å². The molecule has 0 saturated carbocycles. The van der Waals surface area contributed by atoms with Crippen molar-refractivity contribution in [1.82, 2.24) is 0 Å². The predicted molar refractivity (Wildman–Crippen MR) is 101 cm³/mol. The van der Waals surface area contributed by atoms with Crippen LogP contribution in [0.4, 0.5) is 0 Å². The Balaban J connectivity index is 1.98. The predicted octanol–water partition coefficient (Wildman–Crippen LogP) is 4.03. The molecule has 27 heavy (non-hydrogen) atoms. The average molecular weight is 362 g/mol. The number of esters is 1. The minimum atomic E-state index is -1.02. The van der Waals surface area contributed by atoms with Crippen LogP contribution in [0.5, 0.6) is 5.75 Å². The molecule has 0 fully saturated rings. The zero-order valence-corrected chi connectivity index (χ0v) is 14.9. The van der Waals surface area contributed by atoms with E-state index >= 15 is 0 Å². The first-order chi connectivity index (χ1) is 13.0. The molecule has 1 atom stereocenters. The number of ketones is 2. The number of ether oxygens (including phenoxy) is 1. The van der Waals surface area contributed by atoms with Crippen LogP contribution in [0.2, 0.25) is 0 Å². The number of aromatic hydroxyl groups is 1. The van der Waals surface area contributed by atoms with Crippen LogP contribution >= 0.6 is 0 Å². The molecule has 3 aromatic rings. The van der Waals surface area contributed by atoms with Crippen molar-refractivity contribution in [2.75, 3.05) is 7.11 Å².